The molecule has 16 heavy (non-hydrogen) atoms. The molecular formula is C13H22N2O. The molecular weight excluding hydrogens is 200 g/mol. The highest BCUT2D eigenvalue weighted by Crippen LogP contribution is 2.20. The van der Waals surface area contributed by atoms with Crippen molar-refractivity contribution in [1.82, 2.24) is 5.32 Å². The van der Waals surface area contributed by atoms with E-state index in [0.717, 1.165) is 30.1 Å². The summed E-state index contributed by atoms with van der Waals surface area (Å²) < 4.78 is 5.22. The van der Waals surface area contributed by atoms with Gasteiger partial charge in [0.2, 0.25) is 0 Å². The maximum atomic E-state index is 5.22. The van der Waals surface area contributed by atoms with Crippen LogP contribution in [0.25, 0.3) is 0 Å². The molecule has 0 aliphatic rings. The highest BCUT2D eigenvalue weighted by atomic mass is 16.5. The summed E-state index contributed by atoms with van der Waals surface area (Å²) in [6.07, 6.45) is 0. The molecule has 0 atom stereocenters. The summed E-state index contributed by atoms with van der Waals surface area (Å²) in [6.45, 7) is 8.26. The van der Waals surface area contributed by atoms with E-state index in [1.165, 1.54) is 0 Å². The van der Waals surface area contributed by atoms with Crippen LogP contribution in [0.15, 0.2) is 18.2 Å². The van der Waals surface area contributed by atoms with E-state index in [1.807, 2.05) is 12.1 Å². The number of hydrogen-bond donors (Lipinski definition) is 2. The first-order valence-electron chi connectivity index (χ1n) is 5.75. The van der Waals surface area contributed by atoms with Crippen molar-refractivity contribution in [1.29, 1.82) is 0 Å². The maximum Gasteiger partial charge on any atom is 0.121 e. The van der Waals surface area contributed by atoms with Crippen LogP contribution in [0, 0.1) is 6.92 Å². The summed E-state index contributed by atoms with van der Waals surface area (Å²) in [5.74, 6) is 0.936. The maximum absolute atomic E-state index is 5.22. The number of anilines is 1. The first kappa shape index (κ1) is 12.8. The van der Waals surface area contributed by atoms with Gasteiger partial charge in [0.1, 0.15) is 5.75 Å². The Morgan fingerprint density at radius 2 is 2.00 bits per heavy atom. The number of methoxy groups -OCH3 is 1. The zero-order valence-electron chi connectivity index (χ0n) is 10.6. The predicted octanol–water partition coefficient (Wildman–Crippen LogP) is 2.41. The van der Waals surface area contributed by atoms with E-state index in [4.69, 9.17) is 4.74 Å². The Labute approximate surface area is 98.2 Å². The van der Waals surface area contributed by atoms with Gasteiger partial charge in [-0.1, -0.05) is 13.8 Å². The van der Waals surface area contributed by atoms with E-state index in [0.29, 0.717) is 6.04 Å². The average Bonchev–Trinajstić information content (AvgIpc) is 2.24. The van der Waals surface area contributed by atoms with Gasteiger partial charge >= 0.3 is 0 Å². The summed E-state index contributed by atoms with van der Waals surface area (Å²) in [4.78, 5) is 0. The van der Waals surface area contributed by atoms with Crippen LogP contribution in [0.2, 0.25) is 0 Å². The molecule has 2 N–H and O–H groups in total. The summed E-state index contributed by atoms with van der Waals surface area (Å²) >= 11 is 0. The Balaban J connectivity index is 2.40. The van der Waals surface area contributed by atoms with Gasteiger partial charge in [-0.3, -0.25) is 0 Å². The molecule has 0 aromatic heterocycles. The summed E-state index contributed by atoms with van der Waals surface area (Å²) in [7, 11) is 1.70. The molecule has 1 aromatic carbocycles. The van der Waals surface area contributed by atoms with Gasteiger partial charge in [-0.15, -0.1) is 0 Å². The van der Waals surface area contributed by atoms with Crippen LogP contribution in [-0.2, 0) is 0 Å². The predicted molar refractivity (Wildman–Crippen MR) is 69.4 cm³/mol. The lowest BCUT2D eigenvalue weighted by molar-refractivity contribution is 0.412. The van der Waals surface area contributed by atoms with Gasteiger partial charge in [0.25, 0.3) is 0 Å². The van der Waals surface area contributed by atoms with Gasteiger partial charge in [0.05, 0.1) is 7.11 Å². The quantitative estimate of drug-likeness (QED) is 0.725. The van der Waals surface area contributed by atoms with Gasteiger partial charge in [0, 0.05) is 24.8 Å². The fraction of sp³-hybridized carbons (Fsp3) is 0.538. The molecule has 0 saturated carbocycles. The summed E-state index contributed by atoms with van der Waals surface area (Å²) in [5, 5.41) is 6.74. The van der Waals surface area contributed by atoms with Crippen LogP contribution in [-0.4, -0.2) is 26.2 Å². The second-order valence-corrected chi connectivity index (χ2v) is 4.22. The van der Waals surface area contributed by atoms with E-state index >= 15 is 0 Å². The molecule has 0 heterocycles. The Morgan fingerprint density at radius 3 is 2.56 bits per heavy atom. The molecule has 0 aliphatic carbocycles. The molecule has 1 aromatic rings. The highest BCUT2D eigenvalue weighted by molar-refractivity contribution is 5.50. The van der Waals surface area contributed by atoms with E-state index in [9.17, 15) is 0 Å². The average molecular weight is 222 g/mol. The molecule has 0 bridgehead atoms. The zero-order valence-corrected chi connectivity index (χ0v) is 10.6. The van der Waals surface area contributed by atoms with Crippen LogP contribution >= 0.6 is 0 Å². The summed E-state index contributed by atoms with van der Waals surface area (Å²) in [6, 6.07) is 6.68. The minimum absolute atomic E-state index is 0.541. The third-order valence-electron chi connectivity index (χ3n) is 2.40. The van der Waals surface area contributed by atoms with Gasteiger partial charge in [-0.25, -0.2) is 0 Å². The molecule has 1 rings (SSSR count). The number of aryl methyl sites for hydroxylation is 1. The van der Waals surface area contributed by atoms with Crippen LogP contribution in [0.4, 0.5) is 5.69 Å². The molecule has 0 saturated heterocycles. The number of benzene rings is 1. The molecule has 0 amide bonds. The standard InChI is InChI=1S/C13H22N2O/c1-10(2)14-7-8-15-12-5-6-13(16-4)11(3)9-12/h5-6,9-10,14-15H,7-8H2,1-4H3. The van der Waals surface area contributed by atoms with Gasteiger partial charge in [-0.05, 0) is 30.7 Å². The van der Waals surface area contributed by atoms with E-state index in [1.54, 1.807) is 7.11 Å². The summed E-state index contributed by atoms with van der Waals surface area (Å²) in [5.41, 5.74) is 2.30. The van der Waals surface area contributed by atoms with Crippen molar-refractivity contribution in [3.63, 3.8) is 0 Å². The van der Waals surface area contributed by atoms with Crippen LogP contribution in [0.3, 0.4) is 0 Å². The van der Waals surface area contributed by atoms with Gasteiger partial charge in [0.15, 0.2) is 0 Å². The topological polar surface area (TPSA) is 33.3 Å². The van der Waals surface area contributed by atoms with Crippen LogP contribution < -0.4 is 15.4 Å². The third-order valence-corrected chi connectivity index (χ3v) is 2.40. The molecule has 0 radical (unpaired) electrons. The lowest BCUT2D eigenvalue weighted by Gasteiger charge is -2.11. The second kappa shape index (κ2) is 6.38. The van der Waals surface area contributed by atoms with Crippen molar-refractivity contribution >= 4 is 5.69 Å². The molecule has 3 heteroatoms. The molecule has 3 nitrogen and oxygen atoms in total. The van der Waals surface area contributed by atoms with Crippen molar-refractivity contribution in [2.45, 2.75) is 26.8 Å². The molecule has 0 unspecified atom stereocenters. The SMILES string of the molecule is COc1ccc(NCCNC(C)C)cc1C. The van der Waals surface area contributed by atoms with Crippen molar-refractivity contribution in [3.05, 3.63) is 23.8 Å². The highest BCUT2D eigenvalue weighted by Gasteiger charge is 1.99. The monoisotopic (exact) mass is 222 g/mol. The van der Waals surface area contributed by atoms with Crippen molar-refractivity contribution in [3.8, 4) is 5.75 Å². The largest absolute Gasteiger partial charge is 0.496 e. The van der Waals surface area contributed by atoms with E-state index in [2.05, 4.69) is 37.5 Å². The normalized spacial score (nSPS) is 10.6. The minimum atomic E-state index is 0.541. The second-order valence-electron chi connectivity index (χ2n) is 4.22. The Morgan fingerprint density at radius 1 is 1.25 bits per heavy atom. The smallest absolute Gasteiger partial charge is 0.121 e. The van der Waals surface area contributed by atoms with E-state index < -0.39 is 0 Å². The Kier molecular flexibility index (Phi) is 5.12. The van der Waals surface area contributed by atoms with Crippen molar-refractivity contribution in [2.24, 2.45) is 0 Å². The minimum Gasteiger partial charge on any atom is -0.496 e. The van der Waals surface area contributed by atoms with E-state index in [-0.39, 0.29) is 0 Å². The fourth-order valence-corrected chi connectivity index (χ4v) is 1.56. The van der Waals surface area contributed by atoms with Crippen molar-refractivity contribution < 1.29 is 4.74 Å². The molecule has 0 aliphatic heterocycles. The zero-order chi connectivity index (χ0) is 12.0. The Bertz CT molecular complexity index is 324. The number of nitrogens with one attached hydrogen (secondary N) is 2. The lowest BCUT2D eigenvalue weighted by atomic mass is 10.2. The van der Waals surface area contributed by atoms with Crippen LogP contribution in [0.5, 0.6) is 5.75 Å². The van der Waals surface area contributed by atoms with Gasteiger partial charge in [-0.2, -0.15) is 0 Å². The van der Waals surface area contributed by atoms with Crippen LogP contribution in [0.1, 0.15) is 19.4 Å². The number of hydrogen-bond acceptors (Lipinski definition) is 3. The first-order valence-corrected chi connectivity index (χ1v) is 5.75. The third kappa shape index (κ3) is 4.11. The van der Waals surface area contributed by atoms with Gasteiger partial charge < -0.3 is 15.4 Å². The number of ether oxygens (including phenoxy) is 1. The lowest BCUT2D eigenvalue weighted by Crippen LogP contribution is -2.28. The Hall–Kier alpha value is -1.22. The number of rotatable bonds is 6. The fourth-order valence-electron chi connectivity index (χ4n) is 1.56. The molecule has 0 fully saturated rings. The van der Waals surface area contributed by atoms with Crippen molar-refractivity contribution in [2.75, 3.05) is 25.5 Å². The first-order chi connectivity index (χ1) is 7.63. The molecule has 90 valence electrons. The molecule has 0 spiro atoms.